The van der Waals surface area contributed by atoms with E-state index < -0.39 is 0 Å². The molecule has 5 heteroatoms. The highest BCUT2D eigenvalue weighted by Crippen LogP contribution is 2.09. The highest BCUT2D eigenvalue weighted by atomic mass is 79.9. The summed E-state index contributed by atoms with van der Waals surface area (Å²) in [6.07, 6.45) is 2.90. The fraction of sp³-hybridized carbons (Fsp3) is 0. The molecule has 0 saturated carbocycles. The van der Waals surface area contributed by atoms with Gasteiger partial charge in [-0.1, -0.05) is 6.58 Å². The Morgan fingerprint density at radius 1 is 1.62 bits per heavy atom. The van der Waals surface area contributed by atoms with Crippen molar-refractivity contribution in [2.24, 2.45) is 0 Å². The van der Waals surface area contributed by atoms with Gasteiger partial charge >= 0.3 is 6.03 Å². The average Bonchev–Trinajstić information content (AvgIpc) is 2.09. The Hall–Kier alpha value is -1.36. The van der Waals surface area contributed by atoms with Crippen LogP contribution in [0.5, 0.6) is 0 Å². The van der Waals surface area contributed by atoms with Gasteiger partial charge in [0.25, 0.3) is 0 Å². The maximum Gasteiger partial charge on any atom is 0.324 e. The van der Waals surface area contributed by atoms with Crippen LogP contribution in [0.2, 0.25) is 0 Å². The van der Waals surface area contributed by atoms with Crippen LogP contribution in [0.25, 0.3) is 0 Å². The molecule has 1 aromatic heterocycles. The number of urea groups is 1. The summed E-state index contributed by atoms with van der Waals surface area (Å²) in [5.74, 6) is 0.488. The van der Waals surface area contributed by atoms with Gasteiger partial charge in [-0.05, 0) is 34.3 Å². The molecule has 0 bridgehead atoms. The van der Waals surface area contributed by atoms with Gasteiger partial charge < -0.3 is 5.32 Å². The lowest BCUT2D eigenvalue weighted by atomic mass is 10.5. The Bertz CT molecular complexity index is 310. The number of rotatable bonds is 2. The van der Waals surface area contributed by atoms with Gasteiger partial charge in [-0.15, -0.1) is 0 Å². The molecule has 1 aromatic rings. The van der Waals surface area contributed by atoms with Gasteiger partial charge in [-0.2, -0.15) is 0 Å². The second kappa shape index (κ2) is 4.61. The number of nitrogens with one attached hydrogen (secondary N) is 2. The number of anilines is 1. The van der Waals surface area contributed by atoms with Gasteiger partial charge in [0.2, 0.25) is 0 Å². The van der Waals surface area contributed by atoms with Crippen LogP contribution in [0.15, 0.2) is 35.6 Å². The zero-order valence-electron chi connectivity index (χ0n) is 6.75. The minimum atomic E-state index is -0.357. The number of pyridine rings is 1. The molecule has 0 saturated heterocycles. The summed E-state index contributed by atoms with van der Waals surface area (Å²) in [6, 6.07) is 3.12. The van der Waals surface area contributed by atoms with Crippen molar-refractivity contribution in [3.63, 3.8) is 0 Å². The molecule has 0 aromatic carbocycles. The van der Waals surface area contributed by atoms with E-state index in [1.54, 1.807) is 18.3 Å². The van der Waals surface area contributed by atoms with Crippen molar-refractivity contribution in [2.45, 2.75) is 0 Å². The SMILES string of the molecule is C=CNC(=O)Nc1ccc(Br)cn1. The first-order valence-electron chi connectivity index (χ1n) is 3.52. The van der Waals surface area contributed by atoms with E-state index in [0.717, 1.165) is 4.47 Å². The molecular formula is C8H8BrN3O. The number of nitrogens with zero attached hydrogens (tertiary/aromatic N) is 1. The number of halogens is 1. The summed E-state index contributed by atoms with van der Waals surface area (Å²) in [4.78, 5) is 14.9. The lowest BCUT2D eigenvalue weighted by molar-refractivity contribution is 0.255. The molecule has 0 radical (unpaired) electrons. The van der Waals surface area contributed by atoms with Gasteiger partial charge in [0.1, 0.15) is 5.82 Å². The molecule has 0 fully saturated rings. The van der Waals surface area contributed by atoms with Crippen molar-refractivity contribution in [3.8, 4) is 0 Å². The number of aromatic nitrogens is 1. The van der Waals surface area contributed by atoms with Crippen molar-refractivity contribution < 1.29 is 4.79 Å². The Morgan fingerprint density at radius 2 is 2.38 bits per heavy atom. The van der Waals surface area contributed by atoms with Crippen LogP contribution in [0, 0.1) is 0 Å². The van der Waals surface area contributed by atoms with Crippen molar-refractivity contribution in [3.05, 3.63) is 35.6 Å². The normalized spacial score (nSPS) is 9.00. The molecule has 13 heavy (non-hydrogen) atoms. The van der Waals surface area contributed by atoms with Crippen LogP contribution in [0.1, 0.15) is 0 Å². The third-order valence-corrected chi connectivity index (χ3v) is 1.67. The molecule has 1 rings (SSSR count). The van der Waals surface area contributed by atoms with Crippen LogP contribution < -0.4 is 10.6 Å². The lowest BCUT2D eigenvalue weighted by Gasteiger charge is -2.02. The molecule has 0 aliphatic rings. The predicted molar refractivity (Wildman–Crippen MR) is 54.3 cm³/mol. The summed E-state index contributed by atoms with van der Waals surface area (Å²) in [5.41, 5.74) is 0. The lowest BCUT2D eigenvalue weighted by Crippen LogP contribution is -2.23. The minimum absolute atomic E-state index is 0.357. The van der Waals surface area contributed by atoms with Gasteiger partial charge in [0.15, 0.2) is 0 Å². The maximum atomic E-state index is 11.0. The number of amides is 2. The molecule has 0 atom stereocenters. The number of hydrogen-bond donors (Lipinski definition) is 2. The molecule has 0 aliphatic carbocycles. The van der Waals surface area contributed by atoms with Crippen LogP contribution in [0.4, 0.5) is 10.6 Å². The van der Waals surface area contributed by atoms with Crippen molar-refractivity contribution in [1.82, 2.24) is 10.3 Å². The monoisotopic (exact) mass is 241 g/mol. The standard InChI is InChI=1S/C8H8BrN3O/c1-2-10-8(13)12-7-4-3-6(9)5-11-7/h2-5H,1H2,(H2,10,11,12,13). The second-order valence-corrected chi connectivity index (χ2v) is 3.08. The van der Waals surface area contributed by atoms with Gasteiger partial charge in [0, 0.05) is 10.7 Å². The van der Waals surface area contributed by atoms with Crippen LogP contribution in [-0.4, -0.2) is 11.0 Å². The van der Waals surface area contributed by atoms with Crippen molar-refractivity contribution >= 4 is 27.8 Å². The second-order valence-electron chi connectivity index (χ2n) is 2.16. The van der Waals surface area contributed by atoms with Gasteiger partial charge in [0.05, 0.1) is 0 Å². The quantitative estimate of drug-likeness (QED) is 0.834. The molecule has 68 valence electrons. The van der Waals surface area contributed by atoms with E-state index in [2.05, 4.69) is 38.1 Å². The Morgan fingerprint density at radius 3 is 2.92 bits per heavy atom. The number of carbonyl (C=O) groups excluding carboxylic acids is 1. The van der Waals surface area contributed by atoms with Crippen LogP contribution in [0.3, 0.4) is 0 Å². The maximum absolute atomic E-state index is 11.0. The van der Waals surface area contributed by atoms with Gasteiger partial charge in [-0.3, -0.25) is 5.32 Å². The minimum Gasteiger partial charge on any atom is -0.315 e. The summed E-state index contributed by atoms with van der Waals surface area (Å²) in [7, 11) is 0. The molecule has 0 aliphatic heterocycles. The largest absolute Gasteiger partial charge is 0.324 e. The summed E-state index contributed by atoms with van der Waals surface area (Å²) >= 11 is 3.24. The molecule has 4 nitrogen and oxygen atoms in total. The highest BCUT2D eigenvalue weighted by Gasteiger charge is 1.98. The van der Waals surface area contributed by atoms with E-state index in [1.165, 1.54) is 6.20 Å². The van der Waals surface area contributed by atoms with Crippen LogP contribution in [-0.2, 0) is 0 Å². The molecule has 1 heterocycles. The fourth-order valence-electron chi connectivity index (χ4n) is 0.695. The van der Waals surface area contributed by atoms with E-state index in [4.69, 9.17) is 0 Å². The number of hydrogen-bond acceptors (Lipinski definition) is 2. The van der Waals surface area contributed by atoms with E-state index in [9.17, 15) is 4.79 Å². The molecular weight excluding hydrogens is 234 g/mol. The third-order valence-electron chi connectivity index (χ3n) is 1.20. The zero-order valence-corrected chi connectivity index (χ0v) is 8.34. The Labute approximate surface area is 84.2 Å². The first kappa shape index (κ1) is 9.73. The van der Waals surface area contributed by atoms with Gasteiger partial charge in [-0.25, -0.2) is 9.78 Å². The Balaban J connectivity index is 2.59. The zero-order chi connectivity index (χ0) is 9.68. The first-order chi connectivity index (χ1) is 6.22. The van der Waals surface area contributed by atoms with Crippen LogP contribution >= 0.6 is 15.9 Å². The number of carbonyl (C=O) groups is 1. The molecule has 2 amide bonds. The highest BCUT2D eigenvalue weighted by molar-refractivity contribution is 9.10. The van der Waals surface area contributed by atoms with E-state index in [0.29, 0.717) is 5.82 Å². The fourth-order valence-corrected chi connectivity index (χ4v) is 0.929. The molecule has 2 N–H and O–H groups in total. The van der Waals surface area contributed by atoms with E-state index in [1.807, 2.05) is 0 Å². The van der Waals surface area contributed by atoms with E-state index >= 15 is 0 Å². The topological polar surface area (TPSA) is 54.0 Å². The smallest absolute Gasteiger partial charge is 0.315 e. The predicted octanol–water partition coefficient (Wildman–Crippen LogP) is 2.11. The Kier molecular flexibility index (Phi) is 3.45. The first-order valence-corrected chi connectivity index (χ1v) is 4.31. The average molecular weight is 242 g/mol. The summed E-state index contributed by atoms with van der Waals surface area (Å²) < 4.78 is 0.863. The summed E-state index contributed by atoms with van der Waals surface area (Å²) in [6.45, 7) is 3.36. The molecule has 0 spiro atoms. The van der Waals surface area contributed by atoms with Crippen molar-refractivity contribution in [1.29, 1.82) is 0 Å². The van der Waals surface area contributed by atoms with Crippen molar-refractivity contribution in [2.75, 3.05) is 5.32 Å². The molecule has 0 unspecified atom stereocenters. The van der Waals surface area contributed by atoms with E-state index in [-0.39, 0.29) is 6.03 Å². The third kappa shape index (κ3) is 3.25. The summed E-state index contributed by atoms with van der Waals surface area (Å²) in [5, 5.41) is 4.89.